The predicted molar refractivity (Wildman–Crippen MR) is 90.6 cm³/mol. The van der Waals surface area contributed by atoms with Crippen molar-refractivity contribution in [3.05, 3.63) is 29.8 Å². The first-order valence-electron chi connectivity index (χ1n) is 8.39. The number of likely N-dealkylation sites (tertiary alicyclic amines) is 1. The van der Waals surface area contributed by atoms with E-state index in [2.05, 4.69) is 22.3 Å². The minimum absolute atomic E-state index is 0.0408. The lowest BCUT2D eigenvalue weighted by atomic mass is 10.0. The lowest BCUT2D eigenvalue weighted by Gasteiger charge is -2.25. The van der Waals surface area contributed by atoms with Crippen molar-refractivity contribution in [2.24, 2.45) is 0 Å². The molecule has 128 valence electrons. The molecule has 5 nitrogen and oxygen atoms in total. The number of hydrogen-bond acceptors (Lipinski definition) is 4. The van der Waals surface area contributed by atoms with Crippen molar-refractivity contribution in [3.63, 3.8) is 0 Å². The molecule has 0 saturated carbocycles. The van der Waals surface area contributed by atoms with E-state index in [1.54, 1.807) is 7.11 Å². The average Bonchev–Trinajstić information content (AvgIpc) is 2.96. The summed E-state index contributed by atoms with van der Waals surface area (Å²) < 4.78 is 10.5. The summed E-state index contributed by atoms with van der Waals surface area (Å²) in [5.41, 5.74) is 1.25. The van der Waals surface area contributed by atoms with Crippen molar-refractivity contribution < 1.29 is 14.3 Å². The van der Waals surface area contributed by atoms with Crippen LogP contribution in [-0.4, -0.2) is 50.3 Å². The van der Waals surface area contributed by atoms with Crippen LogP contribution < -0.4 is 10.1 Å². The predicted octanol–water partition coefficient (Wildman–Crippen LogP) is 2.37. The number of carbonyl (C=O) groups excluding carboxylic acids is 1. The summed E-state index contributed by atoms with van der Waals surface area (Å²) in [5.74, 6) is 0.958. The number of hydrogen-bond donors (Lipinski definition) is 1. The monoisotopic (exact) mass is 320 g/mol. The lowest BCUT2D eigenvalue weighted by Crippen LogP contribution is -2.42. The summed E-state index contributed by atoms with van der Waals surface area (Å²) >= 11 is 0. The van der Waals surface area contributed by atoms with Crippen LogP contribution in [0.4, 0.5) is 0 Å². The van der Waals surface area contributed by atoms with Gasteiger partial charge in [0.1, 0.15) is 5.75 Å². The molecule has 1 fully saturated rings. The topological polar surface area (TPSA) is 50.8 Å². The third-order valence-corrected chi connectivity index (χ3v) is 4.11. The summed E-state index contributed by atoms with van der Waals surface area (Å²) in [4.78, 5) is 14.4. The fraction of sp³-hybridized carbons (Fsp3) is 0.611. The Morgan fingerprint density at radius 3 is 2.78 bits per heavy atom. The number of rotatable bonds is 8. The summed E-state index contributed by atoms with van der Waals surface area (Å²) in [6.07, 6.45) is 2.22. The van der Waals surface area contributed by atoms with E-state index in [0.29, 0.717) is 25.8 Å². The molecule has 1 heterocycles. The van der Waals surface area contributed by atoms with E-state index in [0.717, 1.165) is 25.1 Å². The average molecular weight is 320 g/mol. The number of methoxy groups -OCH3 is 1. The van der Waals surface area contributed by atoms with Crippen molar-refractivity contribution in [2.75, 3.05) is 33.4 Å². The second-order valence-corrected chi connectivity index (χ2v) is 6.05. The van der Waals surface area contributed by atoms with E-state index in [1.807, 2.05) is 26.0 Å². The highest BCUT2D eigenvalue weighted by Gasteiger charge is 2.27. The SMILES string of the molecule is CCOc1ccc([C@H]2CCCN2CC(=O)N[C@@H](C)COC)cc1. The van der Waals surface area contributed by atoms with E-state index >= 15 is 0 Å². The van der Waals surface area contributed by atoms with Crippen molar-refractivity contribution in [3.8, 4) is 5.75 Å². The molecule has 1 aliphatic rings. The summed E-state index contributed by atoms with van der Waals surface area (Å²) in [6.45, 7) is 6.55. The van der Waals surface area contributed by atoms with Gasteiger partial charge in [-0.3, -0.25) is 9.69 Å². The molecule has 2 rings (SSSR count). The molecule has 0 spiro atoms. The van der Waals surface area contributed by atoms with Crippen molar-refractivity contribution in [2.45, 2.75) is 38.8 Å². The van der Waals surface area contributed by atoms with Gasteiger partial charge in [0.05, 0.1) is 19.8 Å². The number of carbonyl (C=O) groups is 1. The molecule has 5 heteroatoms. The first kappa shape index (κ1) is 17.8. The Morgan fingerprint density at radius 2 is 2.13 bits per heavy atom. The number of nitrogens with zero attached hydrogens (tertiary/aromatic N) is 1. The van der Waals surface area contributed by atoms with Crippen LogP contribution in [0.25, 0.3) is 0 Å². The van der Waals surface area contributed by atoms with Gasteiger partial charge in [-0.25, -0.2) is 0 Å². The van der Waals surface area contributed by atoms with Crippen LogP contribution in [-0.2, 0) is 9.53 Å². The molecule has 1 aliphatic heterocycles. The van der Waals surface area contributed by atoms with Gasteiger partial charge in [-0.1, -0.05) is 12.1 Å². The third kappa shape index (κ3) is 5.22. The van der Waals surface area contributed by atoms with Gasteiger partial charge in [0.2, 0.25) is 5.91 Å². The Morgan fingerprint density at radius 1 is 1.39 bits per heavy atom. The van der Waals surface area contributed by atoms with E-state index in [1.165, 1.54) is 5.56 Å². The second-order valence-electron chi connectivity index (χ2n) is 6.05. The van der Waals surface area contributed by atoms with Gasteiger partial charge in [-0.2, -0.15) is 0 Å². The third-order valence-electron chi connectivity index (χ3n) is 4.11. The van der Waals surface area contributed by atoms with Crippen LogP contribution in [0.5, 0.6) is 5.75 Å². The van der Waals surface area contributed by atoms with Crippen LogP contribution in [0.1, 0.15) is 38.3 Å². The molecule has 0 unspecified atom stereocenters. The fourth-order valence-electron chi connectivity index (χ4n) is 3.14. The normalized spacial score (nSPS) is 19.5. The van der Waals surface area contributed by atoms with E-state index < -0.39 is 0 Å². The minimum atomic E-state index is 0.0408. The molecule has 0 aliphatic carbocycles. The van der Waals surface area contributed by atoms with Crippen LogP contribution in [0.2, 0.25) is 0 Å². The molecular formula is C18H28N2O3. The zero-order valence-electron chi connectivity index (χ0n) is 14.4. The summed E-state index contributed by atoms with van der Waals surface area (Å²) in [7, 11) is 1.64. The number of nitrogens with one attached hydrogen (secondary N) is 1. The maximum atomic E-state index is 12.2. The van der Waals surface area contributed by atoms with Crippen molar-refractivity contribution in [1.82, 2.24) is 10.2 Å². The van der Waals surface area contributed by atoms with Crippen LogP contribution in [0, 0.1) is 0 Å². The molecular weight excluding hydrogens is 292 g/mol. The second kappa shape index (κ2) is 8.89. The molecule has 2 atom stereocenters. The number of benzene rings is 1. The lowest BCUT2D eigenvalue weighted by molar-refractivity contribution is -0.123. The van der Waals surface area contributed by atoms with Crippen LogP contribution in [0.15, 0.2) is 24.3 Å². The molecule has 1 aromatic carbocycles. The molecule has 1 amide bonds. The molecule has 23 heavy (non-hydrogen) atoms. The van der Waals surface area contributed by atoms with Crippen molar-refractivity contribution in [1.29, 1.82) is 0 Å². The Labute approximate surface area is 139 Å². The first-order valence-corrected chi connectivity index (χ1v) is 8.39. The van der Waals surface area contributed by atoms with Gasteiger partial charge in [-0.15, -0.1) is 0 Å². The van der Waals surface area contributed by atoms with Crippen LogP contribution in [0.3, 0.4) is 0 Å². The van der Waals surface area contributed by atoms with Crippen molar-refractivity contribution >= 4 is 5.91 Å². The zero-order chi connectivity index (χ0) is 16.7. The smallest absolute Gasteiger partial charge is 0.234 e. The standard InChI is InChI=1S/C18H28N2O3/c1-4-23-16-9-7-15(8-10-16)17-6-5-11-20(17)12-18(21)19-14(2)13-22-3/h7-10,14,17H,4-6,11-13H2,1-3H3,(H,19,21)/t14-,17+/m0/s1. The molecule has 1 aromatic rings. The van der Waals surface area contributed by atoms with Gasteiger partial charge >= 0.3 is 0 Å². The molecule has 0 aromatic heterocycles. The minimum Gasteiger partial charge on any atom is -0.494 e. The van der Waals surface area contributed by atoms with Gasteiger partial charge < -0.3 is 14.8 Å². The Hall–Kier alpha value is -1.59. The van der Waals surface area contributed by atoms with E-state index in [4.69, 9.17) is 9.47 Å². The maximum Gasteiger partial charge on any atom is 0.234 e. The highest BCUT2D eigenvalue weighted by Crippen LogP contribution is 2.32. The van der Waals surface area contributed by atoms with E-state index in [-0.39, 0.29) is 11.9 Å². The maximum absolute atomic E-state index is 12.2. The zero-order valence-corrected chi connectivity index (χ0v) is 14.4. The van der Waals surface area contributed by atoms with Gasteiger partial charge in [0.25, 0.3) is 0 Å². The van der Waals surface area contributed by atoms with Gasteiger partial charge in [0.15, 0.2) is 0 Å². The number of amides is 1. The number of ether oxygens (including phenoxy) is 2. The molecule has 0 radical (unpaired) electrons. The molecule has 0 bridgehead atoms. The fourth-order valence-corrected chi connectivity index (χ4v) is 3.14. The highest BCUT2D eigenvalue weighted by molar-refractivity contribution is 5.78. The largest absolute Gasteiger partial charge is 0.494 e. The Kier molecular flexibility index (Phi) is 6.86. The highest BCUT2D eigenvalue weighted by atomic mass is 16.5. The Balaban J connectivity index is 1.93. The van der Waals surface area contributed by atoms with E-state index in [9.17, 15) is 4.79 Å². The summed E-state index contributed by atoms with van der Waals surface area (Å²) in [5, 5.41) is 2.98. The van der Waals surface area contributed by atoms with Gasteiger partial charge in [-0.05, 0) is 50.9 Å². The summed E-state index contributed by atoms with van der Waals surface area (Å²) in [6, 6.07) is 8.60. The Bertz CT molecular complexity index is 490. The van der Waals surface area contributed by atoms with Gasteiger partial charge in [0, 0.05) is 19.2 Å². The van der Waals surface area contributed by atoms with Crippen LogP contribution >= 0.6 is 0 Å². The molecule has 1 saturated heterocycles. The first-order chi connectivity index (χ1) is 11.1. The molecule has 1 N–H and O–H groups in total. The quantitative estimate of drug-likeness (QED) is 0.799.